The molecule has 1 aromatic carbocycles. The van der Waals surface area contributed by atoms with E-state index in [9.17, 15) is 4.79 Å². The Balaban J connectivity index is 1.75. The highest BCUT2D eigenvalue weighted by Gasteiger charge is 2.21. The predicted molar refractivity (Wildman–Crippen MR) is 87.6 cm³/mol. The van der Waals surface area contributed by atoms with E-state index in [0.29, 0.717) is 12.3 Å². The first-order valence-electron chi connectivity index (χ1n) is 7.97. The van der Waals surface area contributed by atoms with Crippen LogP contribution < -0.4 is 15.8 Å². The molecule has 5 heteroatoms. The van der Waals surface area contributed by atoms with Gasteiger partial charge in [-0.15, -0.1) is 0 Å². The van der Waals surface area contributed by atoms with Crippen LogP contribution in [0, 0.1) is 0 Å². The molecule has 1 atom stereocenters. The smallest absolute Gasteiger partial charge is 0.287 e. The Labute approximate surface area is 135 Å². The van der Waals surface area contributed by atoms with Gasteiger partial charge in [0.1, 0.15) is 11.5 Å². The number of aryl methyl sites for hydroxylation is 2. The first-order chi connectivity index (χ1) is 11.2. The molecule has 3 rings (SSSR count). The third-order valence-electron chi connectivity index (χ3n) is 4.26. The van der Waals surface area contributed by atoms with E-state index in [1.165, 1.54) is 0 Å². The minimum Gasteiger partial charge on any atom is -0.497 e. The summed E-state index contributed by atoms with van der Waals surface area (Å²) in [6.07, 6.45) is 4.18. The molecule has 0 spiro atoms. The van der Waals surface area contributed by atoms with E-state index in [1.807, 2.05) is 30.3 Å². The lowest BCUT2D eigenvalue weighted by Crippen LogP contribution is -2.33. The molecule has 23 heavy (non-hydrogen) atoms. The lowest BCUT2D eigenvalue weighted by atomic mass is 9.99. The Kier molecular flexibility index (Phi) is 4.67. The van der Waals surface area contributed by atoms with Crippen LogP contribution in [0.3, 0.4) is 0 Å². The number of nitrogens with two attached hydrogens (primary N) is 1. The van der Waals surface area contributed by atoms with Gasteiger partial charge in [-0.25, -0.2) is 0 Å². The molecule has 1 amide bonds. The number of methoxy groups -OCH3 is 1. The third-order valence-corrected chi connectivity index (χ3v) is 4.26. The van der Waals surface area contributed by atoms with Crippen molar-refractivity contribution in [2.75, 3.05) is 13.7 Å². The van der Waals surface area contributed by atoms with Gasteiger partial charge in [0.2, 0.25) is 0 Å². The van der Waals surface area contributed by atoms with E-state index in [2.05, 4.69) is 5.32 Å². The van der Waals surface area contributed by atoms with Crippen LogP contribution in [0.15, 0.2) is 34.7 Å². The average Bonchev–Trinajstić information content (AvgIpc) is 3.03. The Bertz CT molecular complexity index is 670. The van der Waals surface area contributed by atoms with Gasteiger partial charge in [0.25, 0.3) is 5.91 Å². The van der Waals surface area contributed by atoms with Crippen LogP contribution in [0.5, 0.6) is 5.75 Å². The number of furan rings is 1. The lowest BCUT2D eigenvalue weighted by Gasteiger charge is -2.17. The fraction of sp³-hybridized carbons (Fsp3) is 0.389. The summed E-state index contributed by atoms with van der Waals surface area (Å²) in [5, 5.41) is 2.95. The molecule has 2 aromatic rings. The molecule has 0 radical (unpaired) electrons. The van der Waals surface area contributed by atoms with E-state index in [0.717, 1.165) is 48.3 Å². The summed E-state index contributed by atoms with van der Waals surface area (Å²) in [7, 11) is 1.61. The highest BCUT2D eigenvalue weighted by atomic mass is 16.5. The Morgan fingerprint density at radius 3 is 2.91 bits per heavy atom. The van der Waals surface area contributed by atoms with Crippen molar-refractivity contribution < 1.29 is 13.9 Å². The van der Waals surface area contributed by atoms with E-state index >= 15 is 0 Å². The number of benzene rings is 1. The number of nitrogens with one attached hydrogen (secondary N) is 1. The molecular weight excluding hydrogens is 292 g/mol. The Morgan fingerprint density at radius 2 is 2.17 bits per heavy atom. The summed E-state index contributed by atoms with van der Waals surface area (Å²) >= 11 is 0. The van der Waals surface area contributed by atoms with Crippen molar-refractivity contribution in [3.8, 4) is 5.75 Å². The van der Waals surface area contributed by atoms with Gasteiger partial charge in [-0.3, -0.25) is 4.79 Å². The maximum absolute atomic E-state index is 12.5. The van der Waals surface area contributed by atoms with Gasteiger partial charge in [0.05, 0.1) is 13.2 Å². The van der Waals surface area contributed by atoms with Gasteiger partial charge in [0, 0.05) is 13.0 Å². The number of hydrogen-bond acceptors (Lipinski definition) is 4. The van der Waals surface area contributed by atoms with Crippen molar-refractivity contribution in [2.24, 2.45) is 5.73 Å². The van der Waals surface area contributed by atoms with Gasteiger partial charge in [0.15, 0.2) is 5.76 Å². The van der Waals surface area contributed by atoms with E-state index in [1.54, 1.807) is 7.11 Å². The number of ether oxygens (including phenoxy) is 1. The predicted octanol–water partition coefficient (Wildman–Crippen LogP) is 2.60. The molecule has 122 valence electrons. The third kappa shape index (κ3) is 3.40. The van der Waals surface area contributed by atoms with E-state index in [4.69, 9.17) is 14.9 Å². The quantitative estimate of drug-likeness (QED) is 0.889. The molecule has 1 unspecified atom stereocenters. The zero-order valence-electron chi connectivity index (χ0n) is 13.3. The average molecular weight is 314 g/mol. The molecule has 0 saturated carbocycles. The number of amides is 1. The van der Waals surface area contributed by atoms with Crippen molar-refractivity contribution in [2.45, 2.75) is 31.7 Å². The van der Waals surface area contributed by atoms with Gasteiger partial charge < -0.3 is 20.2 Å². The molecular formula is C18H22N2O3. The molecule has 3 N–H and O–H groups in total. The summed E-state index contributed by atoms with van der Waals surface area (Å²) in [5.74, 6) is 1.84. The molecule has 0 aliphatic heterocycles. The molecule has 0 bridgehead atoms. The monoisotopic (exact) mass is 314 g/mol. The van der Waals surface area contributed by atoms with Crippen molar-refractivity contribution in [1.29, 1.82) is 0 Å². The minimum absolute atomic E-state index is 0.224. The molecule has 5 nitrogen and oxygen atoms in total. The van der Waals surface area contributed by atoms with Crippen molar-refractivity contribution in [1.82, 2.24) is 5.32 Å². The number of hydrogen-bond donors (Lipinski definition) is 2. The van der Waals surface area contributed by atoms with Crippen molar-refractivity contribution >= 4 is 5.91 Å². The van der Waals surface area contributed by atoms with Crippen LogP contribution in [-0.4, -0.2) is 19.6 Å². The van der Waals surface area contributed by atoms with E-state index in [-0.39, 0.29) is 11.9 Å². The SMILES string of the molecule is COc1cccc(C(CN)NC(=O)c2cc3c(o2)CCCC3)c1. The summed E-state index contributed by atoms with van der Waals surface area (Å²) < 4.78 is 10.9. The Morgan fingerprint density at radius 1 is 1.35 bits per heavy atom. The van der Waals surface area contributed by atoms with Gasteiger partial charge in [-0.2, -0.15) is 0 Å². The fourth-order valence-electron chi connectivity index (χ4n) is 2.97. The highest BCUT2D eigenvalue weighted by molar-refractivity contribution is 5.92. The van der Waals surface area contributed by atoms with E-state index < -0.39 is 0 Å². The molecule has 1 aliphatic rings. The molecule has 0 fully saturated rings. The fourth-order valence-corrected chi connectivity index (χ4v) is 2.97. The zero-order valence-corrected chi connectivity index (χ0v) is 13.3. The second kappa shape index (κ2) is 6.87. The number of fused-ring (bicyclic) bond motifs is 1. The largest absolute Gasteiger partial charge is 0.497 e. The van der Waals surface area contributed by atoms with Crippen LogP contribution in [0.4, 0.5) is 0 Å². The van der Waals surface area contributed by atoms with Gasteiger partial charge in [-0.05, 0) is 48.6 Å². The maximum atomic E-state index is 12.5. The molecule has 0 saturated heterocycles. The van der Waals surface area contributed by atoms with Gasteiger partial charge in [-0.1, -0.05) is 12.1 Å². The number of rotatable bonds is 5. The number of carbonyl (C=O) groups is 1. The van der Waals surface area contributed by atoms with Crippen LogP contribution in [0.1, 0.15) is 46.3 Å². The minimum atomic E-state index is -0.278. The Hall–Kier alpha value is -2.27. The normalized spacial score (nSPS) is 14.9. The topological polar surface area (TPSA) is 77.5 Å². The van der Waals surface area contributed by atoms with Crippen LogP contribution >= 0.6 is 0 Å². The van der Waals surface area contributed by atoms with Crippen LogP contribution in [0.25, 0.3) is 0 Å². The van der Waals surface area contributed by atoms with Gasteiger partial charge >= 0.3 is 0 Å². The van der Waals surface area contributed by atoms with Crippen molar-refractivity contribution in [3.05, 3.63) is 53.0 Å². The van der Waals surface area contributed by atoms with Crippen LogP contribution in [0.2, 0.25) is 0 Å². The standard InChI is InChI=1S/C18H22N2O3/c1-22-14-7-4-6-12(9-14)15(11-19)20-18(21)17-10-13-5-2-3-8-16(13)23-17/h4,6-7,9-10,15H,2-3,5,8,11,19H2,1H3,(H,20,21). The molecule has 1 heterocycles. The number of carbonyl (C=O) groups excluding carboxylic acids is 1. The summed E-state index contributed by atoms with van der Waals surface area (Å²) in [5.41, 5.74) is 7.91. The first-order valence-corrected chi connectivity index (χ1v) is 7.97. The summed E-state index contributed by atoms with van der Waals surface area (Å²) in [4.78, 5) is 12.5. The summed E-state index contributed by atoms with van der Waals surface area (Å²) in [6, 6.07) is 9.13. The lowest BCUT2D eigenvalue weighted by molar-refractivity contribution is 0.0908. The zero-order chi connectivity index (χ0) is 16.2. The van der Waals surface area contributed by atoms with Crippen molar-refractivity contribution in [3.63, 3.8) is 0 Å². The maximum Gasteiger partial charge on any atom is 0.287 e. The first kappa shape index (κ1) is 15.6. The second-order valence-electron chi connectivity index (χ2n) is 5.80. The second-order valence-corrected chi connectivity index (χ2v) is 5.80. The van der Waals surface area contributed by atoms with Crippen LogP contribution in [-0.2, 0) is 12.8 Å². The highest BCUT2D eigenvalue weighted by Crippen LogP contribution is 2.25. The summed E-state index contributed by atoms with van der Waals surface area (Å²) in [6.45, 7) is 0.305. The molecule has 1 aliphatic carbocycles. The molecule has 1 aromatic heterocycles.